The fourth-order valence-electron chi connectivity index (χ4n) is 1.42. The smallest absolute Gasteiger partial charge is 0.321 e. The third kappa shape index (κ3) is 4.40. The molecule has 0 aliphatic rings. The molecule has 1 unspecified atom stereocenters. The van der Waals surface area contributed by atoms with Gasteiger partial charge in [0.2, 0.25) is 0 Å². The molecule has 0 bridgehead atoms. The van der Waals surface area contributed by atoms with Gasteiger partial charge in [0.25, 0.3) is 5.91 Å². The Morgan fingerprint density at radius 2 is 2.00 bits per heavy atom. The third-order valence-corrected chi connectivity index (χ3v) is 2.91. The van der Waals surface area contributed by atoms with Gasteiger partial charge in [-0.15, -0.1) is 0 Å². The van der Waals surface area contributed by atoms with Crippen LogP contribution >= 0.6 is 11.6 Å². The van der Waals surface area contributed by atoms with Crippen LogP contribution in [0.4, 0.5) is 4.79 Å². The number of ether oxygens (including phenoxy) is 1. The molecule has 0 heterocycles. The lowest BCUT2D eigenvalue weighted by Gasteiger charge is -2.16. The molecule has 0 fully saturated rings. The van der Waals surface area contributed by atoms with Gasteiger partial charge in [-0.1, -0.05) is 17.7 Å². The van der Waals surface area contributed by atoms with Gasteiger partial charge >= 0.3 is 6.03 Å². The molecule has 1 rings (SSSR count). The maximum absolute atomic E-state index is 11.6. The van der Waals surface area contributed by atoms with Crippen LogP contribution in [0, 0.1) is 0 Å². The Morgan fingerprint density at radius 3 is 2.50 bits per heavy atom. The van der Waals surface area contributed by atoms with E-state index in [2.05, 4.69) is 10.6 Å². The van der Waals surface area contributed by atoms with Gasteiger partial charge in [-0.2, -0.15) is 0 Å². The summed E-state index contributed by atoms with van der Waals surface area (Å²) >= 11 is 6.06. The largest absolute Gasteiger partial charge is 0.479 e. The number of nitrogens with two attached hydrogens (primary N) is 1. The summed E-state index contributed by atoms with van der Waals surface area (Å²) in [6.45, 7) is 3.36. The maximum atomic E-state index is 11.6. The predicted molar refractivity (Wildman–Crippen MR) is 76.7 cm³/mol. The number of hydrogen-bond donors (Lipinski definition) is 3. The zero-order chi connectivity index (χ0) is 15.3. The van der Waals surface area contributed by atoms with E-state index in [9.17, 15) is 9.59 Å². The van der Waals surface area contributed by atoms with Crippen LogP contribution in [0.25, 0.3) is 0 Å². The van der Waals surface area contributed by atoms with E-state index in [0.717, 1.165) is 5.56 Å². The number of rotatable bonds is 4. The Bertz CT molecular complexity index is 506. The minimum absolute atomic E-state index is 0.143. The van der Waals surface area contributed by atoms with Crippen LogP contribution in [-0.4, -0.2) is 25.1 Å². The number of benzene rings is 1. The third-order valence-electron chi connectivity index (χ3n) is 2.62. The molecule has 2 atom stereocenters. The quantitative estimate of drug-likeness (QED) is 0.787. The molecule has 110 valence electrons. The molecular formula is C13H18ClN3O3. The first-order valence-corrected chi connectivity index (χ1v) is 6.47. The molecule has 0 aromatic heterocycles. The van der Waals surface area contributed by atoms with E-state index in [1.807, 2.05) is 6.92 Å². The fourth-order valence-corrected chi connectivity index (χ4v) is 1.65. The lowest BCUT2D eigenvalue weighted by Crippen LogP contribution is -2.43. The number of carbonyl (C=O) groups is 2. The molecule has 0 saturated heterocycles. The summed E-state index contributed by atoms with van der Waals surface area (Å²) in [7, 11) is 1.41. The van der Waals surface area contributed by atoms with Gasteiger partial charge in [-0.05, 0) is 31.5 Å². The van der Waals surface area contributed by atoms with Gasteiger partial charge < -0.3 is 15.8 Å². The van der Waals surface area contributed by atoms with Gasteiger partial charge in [-0.25, -0.2) is 4.79 Å². The van der Waals surface area contributed by atoms with Crippen molar-refractivity contribution >= 4 is 23.5 Å². The van der Waals surface area contributed by atoms with E-state index < -0.39 is 18.0 Å². The van der Waals surface area contributed by atoms with Gasteiger partial charge in [0.05, 0.1) is 5.02 Å². The number of hydrogen-bond acceptors (Lipinski definition) is 4. The van der Waals surface area contributed by atoms with Crippen molar-refractivity contribution in [1.82, 2.24) is 10.6 Å². The van der Waals surface area contributed by atoms with Crippen molar-refractivity contribution in [3.05, 3.63) is 28.8 Å². The first-order chi connectivity index (χ1) is 9.35. The highest BCUT2D eigenvalue weighted by atomic mass is 35.5. The van der Waals surface area contributed by atoms with Crippen LogP contribution in [0.1, 0.15) is 25.5 Å². The molecule has 1 aromatic rings. The molecule has 0 aliphatic carbocycles. The van der Waals surface area contributed by atoms with Crippen molar-refractivity contribution in [2.45, 2.75) is 26.0 Å². The van der Waals surface area contributed by atoms with Gasteiger partial charge in [0.1, 0.15) is 5.75 Å². The molecule has 6 nitrogen and oxygen atoms in total. The molecule has 0 aliphatic heterocycles. The molecule has 3 amide bonds. The van der Waals surface area contributed by atoms with Crippen LogP contribution in [0.3, 0.4) is 0 Å². The second-order valence-electron chi connectivity index (χ2n) is 4.31. The van der Waals surface area contributed by atoms with Gasteiger partial charge in [0, 0.05) is 13.1 Å². The standard InChI is InChI=1S/C13H18ClN3O3/c1-7(15)9-4-5-11(10(14)6-9)20-8(2)12(18)17-13(19)16-3/h4-8H,15H2,1-3H3,(H2,16,17,18,19)/t7-,8?/m0/s1. The lowest BCUT2D eigenvalue weighted by atomic mass is 10.1. The second kappa shape index (κ2) is 7.12. The van der Waals surface area contributed by atoms with Crippen molar-refractivity contribution in [2.24, 2.45) is 5.73 Å². The minimum Gasteiger partial charge on any atom is -0.479 e. The van der Waals surface area contributed by atoms with Crippen molar-refractivity contribution in [2.75, 3.05) is 7.05 Å². The summed E-state index contributed by atoms with van der Waals surface area (Å²) < 4.78 is 5.42. The second-order valence-corrected chi connectivity index (χ2v) is 4.71. The molecule has 1 aromatic carbocycles. The average Bonchev–Trinajstić information content (AvgIpc) is 2.40. The molecule has 4 N–H and O–H groups in total. The van der Waals surface area contributed by atoms with E-state index in [4.69, 9.17) is 22.1 Å². The Kier molecular flexibility index (Phi) is 5.79. The highest BCUT2D eigenvalue weighted by Crippen LogP contribution is 2.28. The van der Waals surface area contributed by atoms with Crippen molar-refractivity contribution in [3.8, 4) is 5.75 Å². The van der Waals surface area contributed by atoms with Crippen molar-refractivity contribution in [3.63, 3.8) is 0 Å². The number of halogens is 1. The number of carbonyl (C=O) groups excluding carboxylic acids is 2. The molecule has 0 spiro atoms. The van der Waals surface area contributed by atoms with E-state index >= 15 is 0 Å². The summed E-state index contributed by atoms with van der Waals surface area (Å²) in [5.74, 6) is -0.202. The predicted octanol–water partition coefficient (Wildman–Crippen LogP) is 1.58. The molecule has 7 heteroatoms. The van der Waals surface area contributed by atoms with E-state index in [1.165, 1.54) is 14.0 Å². The molecular weight excluding hydrogens is 282 g/mol. The maximum Gasteiger partial charge on any atom is 0.321 e. The highest BCUT2D eigenvalue weighted by molar-refractivity contribution is 6.32. The lowest BCUT2D eigenvalue weighted by molar-refractivity contribution is -0.126. The monoisotopic (exact) mass is 299 g/mol. The first-order valence-electron chi connectivity index (χ1n) is 6.09. The fraction of sp³-hybridized carbons (Fsp3) is 0.385. The van der Waals surface area contributed by atoms with E-state index in [-0.39, 0.29) is 6.04 Å². The zero-order valence-electron chi connectivity index (χ0n) is 11.6. The highest BCUT2D eigenvalue weighted by Gasteiger charge is 2.18. The van der Waals surface area contributed by atoms with Crippen LogP contribution < -0.4 is 21.1 Å². The molecule has 0 saturated carbocycles. The topological polar surface area (TPSA) is 93.5 Å². The van der Waals surface area contributed by atoms with Crippen LogP contribution in [0.15, 0.2) is 18.2 Å². The van der Waals surface area contributed by atoms with Gasteiger partial charge in [0.15, 0.2) is 6.10 Å². The van der Waals surface area contributed by atoms with E-state index in [1.54, 1.807) is 18.2 Å². The van der Waals surface area contributed by atoms with Crippen LogP contribution in [-0.2, 0) is 4.79 Å². The molecule has 0 radical (unpaired) electrons. The van der Waals surface area contributed by atoms with Crippen LogP contribution in [0.5, 0.6) is 5.75 Å². The Morgan fingerprint density at radius 1 is 1.35 bits per heavy atom. The Hall–Kier alpha value is -1.79. The Balaban J connectivity index is 2.73. The molecule has 20 heavy (non-hydrogen) atoms. The number of imide groups is 1. The first kappa shape index (κ1) is 16.3. The summed E-state index contributed by atoms with van der Waals surface area (Å²) in [4.78, 5) is 22.7. The van der Waals surface area contributed by atoms with Crippen LogP contribution in [0.2, 0.25) is 5.02 Å². The number of nitrogens with one attached hydrogen (secondary N) is 2. The summed E-state index contributed by atoms with van der Waals surface area (Å²) in [6, 6.07) is 4.37. The zero-order valence-corrected chi connectivity index (χ0v) is 12.3. The summed E-state index contributed by atoms with van der Waals surface area (Å²) in [5.41, 5.74) is 6.61. The number of urea groups is 1. The van der Waals surface area contributed by atoms with Crippen molar-refractivity contribution < 1.29 is 14.3 Å². The summed E-state index contributed by atoms with van der Waals surface area (Å²) in [5, 5.41) is 4.76. The summed E-state index contributed by atoms with van der Waals surface area (Å²) in [6.07, 6.45) is -0.856. The normalized spacial score (nSPS) is 13.2. The van der Waals surface area contributed by atoms with Gasteiger partial charge in [-0.3, -0.25) is 10.1 Å². The Labute approximate surface area is 122 Å². The van der Waals surface area contributed by atoms with Crippen molar-refractivity contribution in [1.29, 1.82) is 0 Å². The SMILES string of the molecule is CNC(=O)NC(=O)C(C)Oc1ccc([C@H](C)N)cc1Cl. The van der Waals surface area contributed by atoms with E-state index in [0.29, 0.717) is 10.8 Å². The average molecular weight is 300 g/mol. The number of amides is 3. The minimum atomic E-state index is -0.856.